The number of rotatable bonds is 2. The van der Waals surface area contributed by atoms with E-state index in [1.807, 2.05) is 18.2 Å². The van der Waals surface area contributed by atoms with Crippen molar-refractivity contribution in [1.82, 2.24) is 5.32 Å². The Morgan fingerprint density at radius 1 is 1.17 bits per heavy atom. The third kappa shape index (κ3) is 2.68. The molecule has 0 aliphatic carbocycles. The largest absolute Gasteiger partial charge is 0.497 e. The summed E-state index contributed by atoms with van der Waals surface area (Å²) in [4.78, 5) is 2.57. The Morgan fingerprint density at radius 3 is 2.91 bits per heavy atom. The molecule has 0 aromatic heterocycles. The Morgan fingerprint density at radius 2 is 2.09 bits per heavy atom. The van der Waals surface area contributed by atoms with Gasteiger partial charge in [-0.1, -0.05) is 23.7 Å². The minimum absolute atomic E-state index is 0.640. The van der Waals surface area contributed by atoms with Gasteiger partial charge >= 0.3 is 0 Å². The van der Waals surface area contributed by atoms with Crippen LogP contribution in [0.3, 0.4) is 0 Å². The fourth-order valence-corrected chi connectivity index (χ4v) is 4.02. The molecule has 0 radical (unpaired) electrons. The molecule has 0 bridgehead atoms. The highest BCUT2D eigenvalue weighted by atomic mass is 35.5. The van der Waals surface area contributed by atoms with E-state index in [0.29, 0.717) is 6.04 Å². The van der Waals surface area contributed by atoms with E-state index >= 15 is 0 Å². The van der Waals surface area contributed by atoms with Crippen LogP contribution in [-0.2, 0) is 6.42 Å². The van der Waals surface area contributed by atoms with Crippen LogP contribution in [0.25, 0.3) is 11.1 Å². The van der Waals surface area contributed by atoms with E-state index in [0.717, 1.165) is 42.4 Å². The van der Waals surface area contributed by atoms with E-state index in [-0.39, 0.29) is 0 Å². The van der Waals surface area contributed by atoms with Crippen molar-refractivity contribution in [3.8, 4) is 16.9 Å². The second-order valence-corrected chi connectivity index (χ2v) is 6.69. The van der Waals surface area contributed by atoms with Crippen LogP contribution < -0.4 is 15.0 Å². The molecule has 3 nitrogen and oxygen atoms in total. The Hall–Kier alpha value is -1.71. The van der Waals surface area contributed by atoms with Gasteiger partial charge in [0.1, 0.15) is 5.75 Å². The number of methoxy groups -OCH3 is 1. The van der Waals surface area contributed by atoms with Gasteiger partial charge in [0.2, 0.25) is 0 Å². The smallest absolute Gasteiger partial charge is 0.120 e. The molecule has 120 valence electrons. The number of benzene rings is 2. The zero-order chi connectivity index (χ0) is 15.8. The molecule has 0 spiro atoms. The van der Waals surface area contributed by atoms with Crippen molar-refractivity contribution in [3.05, 3.63) is 47.0 Å². The minimum atomic E-state index is 0.640. The third-order valence-electron chi connectivity index (χ3n) is 4.96. The van der Waals surface area contributed by atoms with Gasteiger partial charge in [0.05, 0.1) is 12.1 Å². The number of nitrogens with one attached hydrogen (secondary N) is 1. The summed E-state index contributed by atoms with van der Waals surface area (Å²) in [5, 5.41) is 4.23. The number of hydrogen-bond acceptors (Lipinski definition) is 3. The first kappa shape index (κ1) is 14.9. The molecule has 2 aromatic rings. The maximum Gasteiger partial charge on any atom is 0.120 e. The number of halogens is 1. The molecule has 2 aliphatic heterocycles. The maximum atomic E-state index is 6.45. The SMILES string of the molecule is COc1ccc(-c2ccc3c(c2)N2CCNCCC2C3)c(Cl)c1. The number of hydrogen-bond donors (Lipinski definition) is 1. The topological polar surface area (TPSA) is 24.5 Å². The lowest BCUT2D eigenvalue weighted by atomic mass is 10.0. The van der Waals surface area contributed by atoms with Crippen molar-refractivity contribution in [2.24, 2.45) is 0 Å². The third-order valence-corrected chi connectivity index (χ3v) is 5.27. The van der Waals surface area contributed by atoms with Crippen molar-refractivity contribution in [3.63, 3.8) is 0 Å². The van der Waals surface area contributed by atoms with Crippen molar-refractivity contribution >= 4 is 17.3 Å². The molecular formula is C19H21ClN2O. The summed E-state index contributed by atoms with van der Waals surface area (Å²) in [7, 11) is 1.66. The Bertz CT molecular complexity index is 731. The highest BCUT2D eigenvalue weighted by Gasteiger charge is 2.30. The molecule has 1 saturated heterocycles. The van der Waals surface area contributed by atoms with Gasteiger partial charge in [-0.3, -0.25) is 0 Å². The van der Waals surface area contributed by atoms with Gasteiger partial charge in [-0.15, -0.1) is 0 Å². The van der Waals surface area contributed by atoms with Crippen LogP contribution in [0.15, 0.2) is 36.4 Å². The lowest BCUT2D eigenvalue weighted by Crippen LogP contribution is -2.32. The highest BCUT2D eigenvalue weighted by Crippen LogP contribution is 2.39. The van der Waals surface area contributed by atoms with E-state index in [2.05, 4.69) is 28.4 Å². The van der Waals surface area contributed by atoms with Gasteiger partial charge in [0.25, 0.3) is 0 Å². The molecule has 4 heteroatoms. The van der Waals surface area contributed by atoms with E-state index in [1.54, 1.807) is 7.11 Å². The molecular weight excluding hydrogens is 308 g/mol. The first-order valence-corrected chi connectivity index (χ1v) is 8.58. The average molecular weight is 329 g/mol. The van der Waals surface area contributed by atoms with Gasteiger partial charge in [0.15, 0.2) is 0 Å². The van der Waals surface area contributed by atoms with Crippen LogP contribution in [0.4, 0.5) is 5.69 Å². The predicted molar refractivity (Wildman–Crippen MR) is 95.8 cm³/mol. The van der Waals surface area contributed by atoms with Crippen LogP contribution in [0, 0.1) is 0 Å². The molecule has 0 amide bonds. The summed E-state index contributed by atoms with van der Waals surface area (Å²) in [6.07, 6.45) is 2.38. The van der Waals surface area contributed by atoms with Crippen molar-refractivity contribution < 1.29 is 4.74 Å². The average Bonchev–Trinajstić information content (AvgIpc) is 2.75. The van der Waals surface area contributed by atoms with E-state index in [9.17, 15) is 0 Å². The van der Waals surface area contributed by atoms with E-state index in [4.69, 9.17) is 16.3 Å². The minimum Gasteiger partial charge on any atom is -0.497 e. The first-order chi connectivity index (χ1) is 11.3. The van der Waals surface area contributed by atoms with Gasteiger partial charge < -0.3 is 15.0 Å². The Balaban J connectivity index is 1.72. The molecule has 4 rings (SSSR count). The number of fused-ring (bicyclic) bond motifs is 3. The molecule has 23 heavy (non-hydrogen) atoms. The lowest BCUT2D eigenvalue weighted by molar-refractivity contribution is 0.415. The summed E-state index contributed by atoms with van der Waals surface area (Å²) in [6.45, 7) is 3.26. The number of ether oxygens (including phenoxy) is 1. The van der Waals surface area contributed by atoms with E-state index < -0.39 is 0 Å². The molecule has 2 aliphatic rings. The van der Waals surface area contributed by atoms with Gasteiger partial charge in [-0.2, -0.15) is 0 Å². The van der Waals surface area contributed by atoms with Crippen LogP contribution in [0.2, 0.25) is 5.02 Å². The fraction of sp³-hybridized carbons (Fsp3) is 0.368. The monoisotopic (exact) mass is 328 g/mol. The van der Waals surface area contributed by atoms with E-state index in [1.165, 1.54) is 23.2 Å². The molecule has 2 heterocycles. The van der Waals surface area contributed by atoms with Gasteiger partial charge in [0, 0.05) is 30.4 Å². The number of anilines is 1. The second kappa shape index (κ2) is 6.06. The summed E-state index contributed by atoms with van der Waals surface area (Å²) in [6, 6.07) is 13.3. The standard InChI is InChI=1S/C19H21ClN2O/c1-23-16-4-5-17(18(20)12-16)13-2-3-14-10-15-6-7-21-8-9-22(15)19(14)11-13/h2-5,11-12,15,21H,6-10H2,1H3. The Labute approximate surface area is 142 Å². The second-order valence-electron chi connectivity index (χ2n) is 6.28. The quantitative estimate of drug-likeness (QED) is 0.909. The van der Waals surface area contributed by atoms with Crippen molar-refractivity contribution in [1.29, 1.82) is 0 Å². The maximum absolute atomic E-state index is 6.45. The summed E-state index contributed by atoms with van der Waals surface area (Å²) in [5.74, 6) is 0.790. The normalized spacial score (nSPS) is 19.9. The highest BCUT2D eigenvalue weighted by molar-refractivity contribution is 6.33. The van der Waals surface area contributed by atoms with Gasteiger partial charge in [-0.25, -0.2) is 0 Å². The van der Waals surface area contributed by atoms with Crippen LogP contribution >= 0.6 is 11.6 Å². The lowest BCUT2D eigenvalue weighted by Gasteiger charge is -2.25. The predicted octanol–water partition coefficient (Wildman–Crippen LogP) is 3.74. The molecule has 1 unspecified atom stereocenters. The number of nitrogens with zero attached hydrogens (tertiary/aromatic N) is 1. The molecule has 1 atom stereocenters. The molecule has 1 fully saturated rings. The van der Waals surface area contributed by atoms with Crippen LogP contribution in [0.5, 0.6) is 5.75 Å². The zero-order valence-corrected chi connectivity index (χ0v) is 14.1. The van der Waals surface area contributed by atoms with Crippen LogP contribution in [0.1, 0.15) is 12.0 Å². The molecule has 0 saturated carbocycles. The zero-order valence-electron chi connectivity index (χ0n) is 13.3. The van der Waals surface area contributed by atoms with Crippen molar-refractivity contribution in [2.45, 2.75) is 18.9 Å². The summed E-state index contributed by atoms with van der Waals surface area (Å²) >= 11 is 6.45. The fourth-order valence-electron chi connectivity index (χ4n) is 3.74. The first-order valence-electron chi connectivity index (χ1n) is 8.20. The van der Waals surface area contributed by atoms with Crippen LogP contribution in [-0.4, -0.2) is 32.8 Å². The van der Waals surface area contributed by atoms with Gasteiger partial charge in [-0.05, 0) is 54.8 Å². The van der Waals surface area contributed by atoms with Crippen molar-refractivity contribution in [2.75, 3.05) is 31.6 Å². The summed E-state index contributed by atoms with van der Waals surface area (Å²) < 4.78 is 5.24. The Kier molecular flexibility index (Phi) is 3.92. The summed E-state index contributed by atoms with van der Waals surface area (Å²) in [5.41, 5.74) is 5.08. The molecule has 2 aromatic carbocycles. The molecule has 1 N–H and O–H groups in total.